The Balaban J connectivity index is 1.35. The number of anilines is 1. The number of amides is 1. The van der Waals surface area contributed by atoms with Gasteiger partial charge in [0.2, 0.25) is 0 Å². The van der Waals surface area contributed by atoms with E-state index in [2.05, 4.69) is 48.0 Å². The van der Waals surface area contributed by atoms with Crippen LogP contribution in [0.1, 0.15) is 89.7 Å². The molecule has 4 heterocycles. The van der Waals surface area contributed by atoms with Crippen molar-refractivity contribution >= 4 is 40.3 Å². The number of rotatable bonds is 6. The molecule has 3 aromatic heterocycles. The van der Waals surface area contributed by atoms with E-state index in [1.54, 1.807) is 15.9 Å². The number of aromatic nitrogens is 2. The molecule has 1 aliphatic carbocycles. The summed E-state index contributed by atoms with van der Waals surface area (Å²) in [5.74, 6) is 0.0622. The Morgan fingerprint density at radius 2 is 1.77 bits per heavy atom. The predicted octanol–water partition coefficient (Wildman–Crippen LogP) is 7.22. The second-order valence-corrected chi connectivity index (χ2v) is 15.0. The minimum Gasteiger partial charge on any atom is -0.322 e. The van der Waals surface area contributed by atoms with Gasteiger partial charge in [0.25, 0.3) is 11.5 Å². The second kappa shape index (κ2) is 12.7. The highest BCUT2D eigenvalue weighted by molar-refractivity contribution is 7.15. The Bertz CT molecular complexity index is 2330. The van der Waals surface area contributed by atoms with Gasteiger partial charge in [-0.05, 0) is 98.9 Å². The molecule has 2 aromatic carbocycles. The fourth-order valence-electron chi connectivity index (χ4n) is 6.92. The van der Waals surface area contributed by atoms with Gasteiger partial charge in [-0.15, -0.1) is 11.3 Å². The number of fused-ring (bicyclic) bond motifs is 2. The number of hydrogen-bond acceptors (Lipinski definition) is 6. The zero-order chi connectivity index (χ0) is 33.7. The van der Waals surface area contributed by atoms with Gasteiger partial charge in [-0.25, -0.2) is 4.99 Å². The Kier molecular flexibility index (Phi) is 8.40. The first kappa shape index (κ1) is 31.8. The van der Waals surface area contributed by atoms with Crippen molar-refractivity contribution < 1.29 is 4.79 Å². The predicted molar refractivity (Wildman–Crippen MR) is 194 cm³/mol. The van der Waals surface area contributed by atoms with Crippen LogP contribution < -0.4 is 20.2 Å². The molecule has 0 radical (unpaired) electrons. The van der Waals surface area contributed by atoms with Crippen LogP contribution in [0, 0.1) is 25.2 Å². The lowest BCUT2D eigenvalue weighted by Crippen LogP contribution is -2.40. The molecule has 7 nitrogen and oxygen atoms in total. The van der Waals surface area contributed by atoms with E-state index in [9.17, 15) is 14.9 Å². The van der Waals surface area contributed by atoms with Crippen molar-refractivity contribution in [2.75, 3.05) is 5.32 Å². The van der Waals surface area contributed by atoms with Crippen LogP contribution in [0.15, 0.2) is 81.7 Å². The number of nitriles is 1. The average molecular weight is 672 g/mol. The SMILES string of the molecule is CC1=C(C(=O)Nc2ccccc2)[C@H](c2ccc(C(C)C)cc2)n2c(s/c(=C/c3cc(C)n(-c4sc5c(c4C#N)CCCC5)c3C)c2=O)=N1. The molecule has 2 aliphatic rings. The molecule has 1 atom stereocenters. The molecule has 7 rings (SSSR count). The summed E-state index contributed by atoms with van der Waals surface area (Å²) >= 11 is 3.06. The molecular formula is C39H37N5O2S2. The lowest BCUT2D eigenvalue weighted by Gasteiger charge is -2.25. The Morgan fingerprint density at radius 3 is 2.48 bits per heavy atom. The Labute approximate surface area is 287 Å². The molecular weight excluding hydrogens is 635 g/mol. The summed E-state index contributed by atoms with van der Waals surface area (Å²) in [6, 6.07) is 21.5. The van der Waals surface area contributed by atoms with E-state index in [-0.39, 0.29) is 11.5 Å². The number of benzene rings is 2. The number of thiazole rings is 1. The number of thiophene rings is 1. The third-order valence-electron chi connectivity index (χ3n) is 9.44. The first-order valence-electron chi connectivity index (χ1n) is 16.4. The van der Waals surface area contributed by atoms with Crippen LogP contribution in [0.4, 0.5) is 5.69 Å². The maximum atomic E-state index is 14.4. The molecule has 5 aromatic rings. The first-order chi connectivity index (χ1) is 23.2. The highest BCUT2D eigenvalue weighted by Gasteiger charge is 2.33. The molecule has 1 amide bonds. The van der Waals surface area contributed by atoms with Crippen LogP contribution in [-0.2, 0) is 17.6 Å². The summed E-state index contributed by atoms with van der Waals surface area (Å²) in [6.07, 6.45) is 6.18. The summed E-state index contributed by atoms with van der Waals surface area (Å²) in [5, 5.41) is 14.1. The number of allylic oxidation sites excluding steroid dienone is 1. The van der Waals surface area contributed by atoms with Crippen LogP contribution in [0.2, 0.25) is 0 Å². The van der Waals surface area contributed by atoms with E-state index in [0.717, 1.165) is 58.8 Å². The minimum absolute atomic E-state index is 0.191. The number of nitrogens with zero attached hydrogens (tertiary/aromatic N) is 4. The molecule has 242 valence electrons. The second-order valence-electron chi connectivity index (χ2n) is 12.9. The molecule has 1 aliphatic heterocycles. The fourth-order valence-corrected chi connectivity index (χ4v) is 9.41. The van der Waals surface area contributed by atoms with Crippen molar-refractivity contribution in [2.24, 2.45) is 4.99 Å². The van der Waals surface area contributed by atoms with Gasteiger partial charge in [-0.1, -0.05) is 67.6 Å². The number of para-hydroxylation sites is 1. The lowest BCUT2D eigenvalue weighted by atomic mass is 9.93. The summed E-state index contributed by atoms with van der Waals surface area (Å²) in [7, 11) is 0. The van der Waals surface area contributed by atoms with E-state index in [0.29, 0.717) is 32.2 Å². The standard InChI is InChI=1S/C39H37N5O2S2/c1-22(2)26-15-17-27(18-16-26)35-34(36(45)42-29-11-7-6-8-12-29)24(4)41-39-44(35)37(46)33(48-39)20-28-19-23(3)43(25(28)5)38-31(21-40)30-13-9-10-14-32(30)47-38/h6-8,11-12,15-20,22,35H,9-10,13-14H2,1-5H3,(H,42,45)/b33-20+/t35-/m0/s1. The number of hydrogen-bond donors (Lipinski definition) is 1. The number of carbonyl (C=O) groups excluding carboxylic acids is 1. The smallest absolute Gasteiger partial charge is 0.271 e. The molecule has 0 spiro atoms. The summed E-state index contributed by atoms with van der Waals surface area (Å²) < 4.78 is 4.38. The van der Waals surface area contributed by atoms with Crippen molar-refractivity contribution in [1.82, 2.24) is 9.13 Å². The van der Waals surface area contributed by atoms with Gasteiger partial charge in [0.1, 0.15) is 11.1 Å². The van der Waals surface area contributed by atoms with E-state index < -0.39 is 6.04 Å². The van der Waals surface area contributed by atoms with Crippen LogP contribution in [-0.4, -0.2) is 15.0 Å². The van der Waals surface area contributed by atoms with Crippen LogP contribution >= 0.6 is 22.7 Å². The normalized spacial score (nSPS) is 16.0. The monoisotopic (exact) mass is 671 g/mol. The largest absolute Gasteiger partial charge is 0.322 e. The van der Waals surface area contributed by atoms with Crippen LogP contribution in [0.3, 0.4) is 0 Å². The number of nitrogens with one attached hydrogen (secondary N) is 1. The zero-order valence-electron chi connectivity index (χ0n) is 27.8. The van der Waals surface area contributed by atoms with Gasteiger partial charge >= 0.3 is 0 Å². The molecule has 0 fully saturated rings. The maximum absolute atomic E-state index is 14.4. The summed E-state index contributed by atoms with van der Waals surface area (Å²) in [6.45, 7) is 10.2. The van der Waals surface area contributed by atoms with Gasteiger partial charge in [0, 0.05) is 22.0 Å². The fraction of sp³-hybridized carbons (Fsp3) is 0.282. The van der Waals surface area contributed by atoms with E-state index in [1.165, 1.54) is 27.3 Å². The highest BCUT2D eigenvalue weighted by Crippen LogP contribution is 2.38. The summed E-state index contributed by atoms with van der Waals surface area (Å²) in [5.41, 5.74) is 8.44. The van der Waals surface area contributed by atoms with Crippen molar-refractivity contribution in [3.63, 3.8) is 0 Å². The average Bonchev–Trinajstić information content (AvgIpc) is 3.69. The minimum atomic E-state index is -0.642. The van der Waals surface area contributed by atoms with E-state index in [1.807, 2.05) is 69.3 Å². The van der Waals surface area contributed by atoms with Crippen molar-refractivity contribution in [1.29, 1.82) is 5.26 Å². The van der Waals surface area contributed by atoms with Crippen LogP contribution in [0.5, 0.6) is 0 Å². The number of carbonyl (C=O) groups is 1. The van der Waals surface area contributed by atoms with Crippen molar-refractivity contribution in [2.45, 2.75) is 72.3 Å². The highest BCUT2D eigenvalue weighted by atomic mass is 32.1. The molecule has 0 bridgehead atoms. The molecule has 0 unspecified atom stereocenters. The zero-order valence-corrected chi connectivity index (χ0v) is 29.4. The quantitative estimate of drug-likeness (QED) is 0.207. The van der Waals surface area contributed by atoms with Gasteiger partial charge in [0.15, 0.2) is 4.80 Å². The van der Waals surface area contributed by atoms with Crippen LogP contribution in [0.25, 0.3) is 11.1 Å². The van der Waals surface area contributed by atoms with Crippen molar-refractivity contribution in [3.8, 4) is 11.1 Å². The summed E-state index contributed by atoms with van der Waals surface area (Å²) in [4.78, 5) is 35.0. The molecule has 0 saturated heterocycles. The lowest BCUT2D eigenvalue weighted by molar-refractivity contribution is -0.113. The van der Waals surface area contributed by atoms with Gasteiger partial charge < -0.3 is 9.88 Å². The Hall–Kier alpha value is -4.78. The molecule has 1 N–H and O–H groups in total. The number of aryl methyl sites for hydroxylation is 2. The Morgan fingerprint density at radius 1 is 1.04 bits per heavy atom. The third kappa shape index (κ3) is 5.49. The molecule has 48 heavy (non-hydrogen) atoms. The van der Waals surface area contributed by atoms with Gasteiger partial charge in [0.05, 0.1) is 27.4 Å². The first-order valence-corrected chi connectivity index (χ1v) is 18.0. The van der Waals surface area contributed by atoms with Gasteiger partial charge in [-0.3, -0.25) is 14.2 Å². The van der Waals surface area contributed by atoms with Crippen molar-refractivity contribution in [3.05, 3.63) is 136 Å². The maximum Gasteiger partial charge on any atom is 0.271 e. The topological polar surface area (TPSA) is 92.2 Å². The molecule has 0 saturated carbocycles. The van der Waals surface area contributed by atoms with E-state index >= 15 is 0 Å². The molecule has 9 heteroatoms. The third-order valence-corrected chi connectivity index (χ3v) is 11.7. The van der Waals surface area contributed by atoms with Gasteiger partial charge in [-0.2, -0.15) is 5.26 Å². The van der Waals surface area contributed by atoms with E-state index in [4.69, 9.17) is 4.99 Å².